The maximum atomic E-state index is 13.3. The number of amides is 4. The van der Waals surface area contributed by atoms with Crippen molar-refractivity contribution in [2.45, 2.75) is 38.5 Å². The molecule has 0 radical (unpaired) electrons. The first-order valence-corrected chi connectivity index (χ1v) is 11.1. The summed E-state index contributed by atoms with van der Waals surface area (Å²) in [7, 11) is 0. The predicted molar refractivity (Wildman–Crippen MR) is 119 cm³/mol. The minimum absolute atomic E-state index is 0.0160. The van der Waals surface area contributed by atoms with Crippen LogP contribution in [0.1, 0.15) is 19.4 Å². The molecule has 1 spiro atoms. The van der Waals surface area contributed by atoms with Gasteiger partial charge in [-0.25, -0.2) is 14.8 Å². The second kappa shape index (κ2) is 7.21. The van der Waals surface area contributed by atoms with Crippen LogP contribution in [0.4, 0.5) is 10.5 Å². The van der Waals surface area contributed by atoms with Gasteiger partial charge in [-0.1, -0.05) is 16.8 Å². The van der Waals surface area contributed by atoms with Gasteiger partial charge >= 0.3 is 6.03 Å². The molecule has 4 amide bonds. The van der Waals surface area contributed by atoms with Gasteiger partial charge < -0.3 is 14.2 Å². The van der Waals surface area contributed by atoms with Crippen LogP contribution in [0.5, 0.6) is 0 Å². The van der Waals surface area contributed by atoms with E-state index in [2.05, 4.69) is 25.8 Å². The number of aromatic nitrogens is 3. The lowest BCUT2D eigenvalue weighted by Crippen LogP contribution is -2.75. The molecule has 11 nitrogen and oxygen atoms in total. The van der Waals surface area contributed by atoms with Gasteiger partial charge in [0.1, 0.15) is 17.0 Å². The van der Waals surface area contributed by atoms with Gasteiger partial charge in [-0.2, -0.15) is 0 Å². The summed E-state index contributed by atoms with van der Waals surface area (Å²) in [5, 5.41) is 9.68. The number of benzene rings is 1. The van der Waals surface area contributed by atoms with Gasteiger partial charge in [-0.05, 0) is 31.9 Å². The molecule has 3 aliphatic rings. The second-order valence-corrected chi connectivity index (χ2v) is 9.25. The van der Waals surface area contributed by atoms with Crippen LogP contribution in [-0.4, -0.2) is 57.8 Å². The van der Waals surface area contributed by atoms with E-state index in [1.54, 1.807) is 12.4 Å². The number of hydrogen-bond acceptors (Lipinski definition) is 9. The third kappa shape index (κ3) is 2.74. The van der Waals surface area contributed by atoms with Gasteiger partial charge in [0, 0.05) is 24.5 Å². The molecule has 0 saturated carbocycles. The summed E-state index contributed by atoms with van der Waals surface area (Å²) in [6, 6.07) is 0.300. The summed E-state index contributed by atoms with van der Waals surface area (Å²) in [5.74, 6) is -1.32. The number of rotatable bonds is 1. The highest BCUT2D eigenvalue weighted by molar-refractivity contribution is 6.38. The Labute approximate surface area is 197 Å². The SMILES string of the molecule is C[C@H]1CN2c3c(cc4c(-c5cncnc5)noc4c3Cl)CC3(C(=O)NC(=O)NC3=O)[C@@H]2[C@@H](C)O1. The van der Waals surface area contributed by atoms with Gasteiger partial charge in [0.15, 0.2) is 11.0 Å². The molecule has 2 aromatic heterocycles. The minimum Gasteiger partial charge on any atom is -0.372 e. The highest BCUT2D eigenvalue weighted by atomic mass is 35.5. The van der Waals surface area contributed by atoms with Crippen LogP contribution in [0.15, 0.2) is 29.3 Å². The van der Waals surface area contributed by atoms with Crippen molar-refractivity contribution in [1.82, 2.24) is 25.8 Å². The number of morpholine rings is 1. The Morgan fingerprint density at radius 1 is 1.15 bits per heavy atom. The molecule has 1 aromatic carbocycles. The Morgan fingerprint density at radius 2 is 1.85 bits per heavy atom. The van der Waals surface area contributed by atoms with E-state index in [1.165, 1.54) is 6.33 Å². The van der Waals surface area contributed by atoms with E-state index in [-0.39, 0.29) is 12.5 Å². The molecule has 3 aliphatic heterocycles. The van der Waals surface area contributed by atoms with E-state index in [0.29, 0.717) is 45.0 Å². The van der Waals surface area contributed by atoms with Crippen molar-refractivity contribution in [1.29, 1.82) is 0 Å². The Morgan fingerprint density at radius 3 is 2.56 bits per heavy atom. The molecule has 0 aliphatic carbocycles. The zero-order chi connectivity index (χ0) is 23.8. The van der Waals surface area contributed by atoms with Crippen LogP contribution < -0.4 is 15.5 Å². The van der Waals surface area contributed by atoms with Crippen molar-refractivity contribution in [3.05, 3.63) is 35.4 Å². The van der Waals surface area contributed by atoms with Crippen LogP contribution in [0.2, 0.25) is 5.02 Å². The second-order valence-electron chi connectivity index (χ2n) is 8.87. The van der Waals surface area contributed by atoms with Crippen molar-refractivity contribution < 1.29 is 23.6 Å². The van der Waals surface area contributed by atoms with Crippen molar-refractivity contribution in [3.63, 3.8) is 0 Å². The average molecular weight is 483 g/mol. The van der Waals surface area contributed by atoms with E-state index in [9.17, 15) is 14.4 Å². The molecule has 174 valence electrons. The molecule has 0 unspecified atom stereocenters. The number of nitrogens with zero attached hydrogens (tertiary/aromatic N) is 4. The van der Waals surface area contributed by atoms with Gasteiger partial charge in [0.25, 0.3) is 0 Å². The van der Waals surface area contributed by atoms with E-state index in [4.69, 9.17) is 20.9 Å². The number of carbonyl (C=O) groups excluding carboxylic acids is 3. The van der Waals surface area contributed by atoms with Gasteiger partial charge in [0.05, 0.1) is 29.3 Å². The van der Waals surface area contributed by atoms with Crippen LogP contribution in [0.25, 0.3) is 22.2 Å². The zero-order valence-electron chi connectivity index (χ0n) is 18.2. The molecule has 34 heavy (non-hydrogen) atoms. The van der Waals surface area contributed by atoms with E-state index in [0.717, 1.165) is 0 Å². The van der Waals surface area contributed by atoms with Gasteiger partial charge in [-0.3, -0.25) is 20.2 Å². The summed E-state index contributed by atoms with van der Waals surface area (Å²) < 4.78 is 11.7. The number of carbonyl (C=O) groups is 3. The Hall–Kier alpha value is -3.57. The fourth-order valence-corrected chi connectivity index (χ4v) is 5.94. The average Bonchev–Trinajstić information content (AvgIpc) is 3.21. The number of hydrogen-bond donors (Lipinski definition) is 2. The standard InChI is InChI=1S/C22H19ClN6O5/c1-9-7-29-16-11(3-13-15(12-5-24-8-25-6-12)28-34-17(13)14(16)23)4-22(18(29)10(2)33-9)19(30)26-21(32)27-20(22)31/h3,5-6,8-10,18H,4,7H2,1-2H3,(H2,26,27,30,31,32)/t9-,10+,18-/m0/s1. The number of fused-ring (bicyclic) bond motifs is 5. The molecule has 2 N–H and O–H groups in total. The van der Waals surface area contributed by atoms with Crippen molar-refractivity contribution in [2.24, 2.45) is 5.41 Å². The molecule has 5 heterocycles. The normalized spacial score (nSPS) is 25.7. The molecule has 2 saturated heterocycles. The van der Waals surface area contributed by atoms with E-state index < -0.39 is 35.4 Å². The fourth-order valence-electron chi connectivity index (χ4n) is 5.58. The molecule has 6 rings (SSSR count). The highest BCUT2D eigenvalue weighted by Gasteiger charge is 2.63. The molecule has 0 bridgehead atoms. The third-order valence-electron chi connectivity index (χ3n) is 6.80. The number of ether oxygens (including phenoxy) is 1. The Balaban J connectivity index is 1.61. The number of urea groups is 1. The van der Waals surface area contributed by atoms with Crippen molar-refractivity contribution >= 4 is 46.1 Å². The maximum Gasteiger partial charge on any atom is 0.328 e. The van der Waals surface area contributed by atoms with Crippen molar-refractivity contribution in [3.8, 4) is 11.3 Å². The lowest BCUT2D eigenvalue weighted by molar-refractivity contribution is -0.153. The number of nitrogens with one attached hydrogen (secondary N) is 2. The first kappa shape index (κ1) is 21.0. The number of halogens is 1. The van der Waals surface area contributed by atoms with E-state index >= 15 is 0 Å². The summed E-state index contributed by atoms with van der Waals surface area (Å²) in [4.78, 5) is 48.5. The van der Waals surface area contributed by atoms with E-state index in [1.807, 2.05) is 24.8 Å². The van der Waals surface area contributed by atoms with Crippen LogP contribution in [0, 0.1) is 5.41 Å². The van der Waals surface area contributed by atoms with Crippen LogP contribution >= 0.6 is 11.6 Å². The topological polar surface area (TPSA) is 140 Å². The molecule has 2 fully saturated rings. The highest BCUT2D eigenvalue weighted by Crippen LogP contribution is 2.51. The molecule has 12 heteroatoms. The fraction of sp³-hybridized carbons (Fsp3) is 0.364. The Bertz CT molecular complexity index is 1360. The summed E-state index contributed by atoms with van der Waals surface area (Å²) in [5.41, 5.74) is 1.24. The number of imide groups is 2. The molecular formula is C22H19ClN6O5. The summed E-state index contributed by atoms with van der Waals surface area (Å²) in [6.07, 6.45) is 3.95. The summed E-state index contributed by atoms with van der Waals surface area (Å²) in [6.45, 7) is 4.11. The van der Waals surface area contributed by atoms with Gasteiger partial charge in [-0.15, -0.1) is 0 Å². The lowest BCUT2D eigenvalue weighted by Gasteiger charge is -2.55. The molecule has 3 aromatic rings. The quantitative estimate of drug-likeness (QED) is 0.497. The number of anilines is 1. The van der Waals surface area contributed by atoms with Gasteiger partial charge in [0.2, 0.25) is 11.8 Å². The van der Waals surface area contributed by atoms with Crippen molar-refractivity contribution in [2.75, 3.05) is 11.4 Å². The largest absolute Gasteiger partial charge is 0.372 e. The minimum atomic E-state index is -1.59. The summed E-state index contributed by atoms with van der Waals surface area (Å²) >= 11 is 6.90. The Kier molecular flexibility index (Phi) is 4.45. The first-order chi connectivity index (χ1) is 16.3. The smallest absolute Gasteiger partial charge is 0.328 e. The third-order valence-corrected chi connectivity index (χ3v) is 7.15. The first-order valence-electron chi connectivity index (χ1n) is 10.8. The zero-order valence-corrected chi connectivity index (χ0v) is 18.9. The maximum absolute atomic E-state index is 13.3. The van der Waals surface area contributed by atoms with Crippen LogP contribution in [-0.2, 0) is 20.7 Å². The van der Waals surface area contributed by atoms with Crippen LogP contribution in [0.3, 0.4) is 0 Å². The lowest BCUT2D eigenvalue weighted by atomic mass is 9.66. The molecule has 3 atom stereocenters. The predicted octanol–water partition coefficient (Wildman–Crippen LogP) is 1.83. The monoisotopic (exact) mass is 482 g/mol. The number of barbiturate groups is 1. The molecular weight excluding hydrogens is 464 g/mol.